The van der Waals surface area contributed by atoms with Crippen LogP contribution in [0, 0.1) is 5.82 Å². The highest BCUT2D eigenvalue weighted by molar-refractivity contribution is 5.77. The van der Waals surface area contributed by atoms with Gasteiger partial charge in [0.1, 0.15) is 12.4 Å². The van der Waals surface area contributed by atoms with E-state index in [1.165, 1.54) is 24.3 Å². The number of carbonyl (C=O) groups is 1. The van der Waals surface area contributed by atoms with Crippen molar-refractivity contribution in [2.75, 3.05) is 7.05 Å². The normalized spacial score (nSPS) is 13.9. The molecule has 120 valence electrons. The van der Waals surface area contributed by atoms with Crippen molar-refractivity contribution in [2.24, 2.45) is 0 Å². The first kappa shape index (κ1) is 15.2. The standard InChI is InChI=1S/C16H16FN3O3/c1-19(13-4-2-3-5-13)14(21)10-20-16(22)23-15(18-20)11-6-8-12(17)9-7-11/h4,6-9H,2-3,5,10H2,1H3. The molecule has 1 aromatic carbocycles. The second-order valence-corrected chi connectivity index (χ2v) is 5.38. The fourth-order valence-corrected chi connectivity index (χ4v) is 2.47. The molecule has 0 saturated heterocycles. The van der Waals surface area contributed by atoms with Crippen LogP contribution in [0.3, 0.4) is 0 Å². The second kappa shape index (κ2) is 6.20. The summed E-state index contributed by atoms with van der Waals surface area (Å²) in [5.41, 5.74) is 1.44. The van der Waals surface area contributed by atoms with Gasteiger partial charge in [0.2, 0.25) is 11.8 Å². The van der Waals surface area contributed by atoms with E-state index in [0.29, 0.717) is 5.56 Å². The average molecular weight is 317 g/mol. The number of amides is 1. The minimum Gasteiger partial charge on any atom is -0.388 e. The van der Waals surface area contributed by atoms with Gasteiger partial charge in [-0.05, 0) is 43.5 Å². The highest BCUT2D eigenvalue weighted by atomic mass is 19.1. The van der Waals surface area contributed by atoms with E-state index in [4.69, 9.17) is 4.42 Å². The lowest BCUT2D eigenvalue weighted by molar-refractivity contribution is -0.129. The van der Waals surface area contributed by atoms with Crippen LogP contribution in [0.1, 0.15) is 19.3 Å². The number of benzene rings is 1. The van der Waals surface area contributed by atoms with Crippen LogP contribution in [0.15, 0.2) is 45.3 Å². The van der Waals surface area contributed by atoms with Crippen LogP contribution >= 0.6 is 0 Å². The van der Waals surface area contributed by atoms with E-state index in [2.05, 4.69) is 5.10 Å². The van der Waals surface area contributed by atoms with Gasteiger partial charge in [0.25, 0.3) is 0 Å². The third kappa shape index (κ3) is 3.23. The number of likely N-dealkylation sites (N-methyl/N-ethyl adjacent to an activating group) is 1. The quantitative estimate of drug-likeness (QED) is 0.866. The molecular formula is C16H16FN3O3. The van der Waals surface area contributed by atoms with Crippen molar-refractivity contribution in [3.8, 4) is 11.5 Å². The summed E-state index contributed by atoms with van der Waals surface area (Å²) in [4.78, 5) is 25.6. The molecule has 2 aromatic rings. The highest BCUT2D eigenvalue weighted by Crippen LogP contribution is 2.20. The fourth-order valence-electron chi connectivity index (χ4n) is 2.47. The molecule has 7 heteroatoms. The molecule has 0 bridgehead atoms. The zero-order valence-corrected chi connectivity index (χ0v) is 12.7. The first-order valence-electron chi connectivity index (χ1n) is 7.34. The van der Waals surface area contributed by atoms with Gasteiger partial charge in [-0.1, -0.05) is 6.08 Å². The van der Waals surface area contributed by atoms with Crippen molar-refractivity contribution < 1.29 is 13.6 Å². The van der Waals surface area contributed by atoms with Gasteiger partial charge in [-0.25, -0.2) is 9.18 Å². The fraction of sp³-hybridized carbons (Fsp3) is 0.312. The molecule has 0 spiro atoms. The third-order valence-corrected chi connectivity index (χ3v) is 3.80. The maximum absolute atomic E-state index is 12.9. The molecule has 6 nitrogen and oxygen atoms in total. The highest BCUT2D eigenvalue weighted by Gasteiger charge is 2.19. The van der Waals surface area contributed by atoms with Gasteiger partial charge in [0.15, 0.2) is 0 Å². The second-order valence-electron chi connectivity index (χ2n) is 5.38. The molecule has 0 unspecified atom stereocenters. The molecule has 0 atom stereocenters. The van der Waals surface area contributed by atoms with Gasteiger partial charge in [0.05, 0.1) is 0 Å². The van der Waals surface area contributed by atoms with Crippen molar-refractivity contribution in [2.45, 2.75) is 25.8 Å². The van der Waals surface area contributed by atoms with Crippen LogP contribution in [0.25, 0.3) is 11.5 Å². The third-order valence-electron chi connectivity index (χ3n) is 3.80. The van der Waals surface area contributed by atoms with E-state index >= 15 is 0 Å². The summed E-state index contributed by atoms with van der Waals surface area (Å²) >= 11 is 0. The summed E-state index contributed by atoms with van der Waals surface area (Å²) in [5.74, 6) is -1.28. The first-order valence-corrected chi connectivity index (χ1v) is 7.34. The molecule has 0 saturated carbocycles. The molecule has 3 rings (SSSR count). The summed E-state index contributed by atoms with van der Waals surface area (Å²) in [6.07, 6.45) is 4.88. The number of hydrogen-bond acceptors (Lipinski definition) is 4. The molecule has 1 aliphatic carbocycles. The molecule has 1 heterocycles. The van der Waals surface area contributed by atoms with Crippen molar-refractivity contribution in [3.63, 3.8) is 0 Å². The van der Waals surface area contributed by atoms with Crippen LogP contribution in [0.4, 0.5) is 4.39 Å². The van der Waals surface area contributed by atoms with Gasteiger partial charge in [0, 0.05) is 18.3 Å². The lowest BCUT2D eigenvalue weighted by Crippen LogP contribution is -2.32. The minimum atomic E-state index is -0.716. The SMILES string of the molecule is CN(C(=O)Cn1nc(-c2ccc(F)cc2)oc1=O)C1=CCCC1. The number of hydrogen-bond donors (Lipinski definition) is 0. The van der Waals surface area contributed by atoms with Gasteiger partial charge in [-0.2, -0.15) is 4.68 Å². The molecule has 0 aliphatic heterocycles. The Labute approximate surface area is 131 Å². The zero-order valence-electron chi connectivity index (χ0n) is 12.7. The molecule has 1 aliphatic rings. The molecule has 23 heavy (non-hydrogen) atoms. The Morgan fingerprint density at radius 3 is 2.78 bits per heavy atom. The van der Waals surface area contributed by atoms with E-state index in [1.807, 2.05) is 6.08 Å². The predicted octanol–water partition coefficient (Wildman–Crippen LogP) is 2.17. The summed E-state index contributed by atoms with van der Waals surface area (Å²) < 4.78 is 18.9. The molecule has 0 radical (unpaired) electrons. The lowest BCUT2D eigenvalue weighted by Gasteiger charge is -2.17. The Hall–Kier alpha value is -2.70. The zero-order chi connectivity index (χ0) is 16.4. The summed E-state index contributed by atoms with van der Waals surface area (Å²) in [5, 5.41) is 4.01. The van der Waals surface area contributed by atoms with Crippen LogP contribution < -0.4 is 5.76 Å². The number of nitrogens with zero attached hydrogens (tertiary/aromatic N) is 3. The van der Waals surface area contributed by atoms with Gasteiger partial charge < -0.3 is 9.32 Å². The lowest BCUT2D eigenvalue weighted by atomic mass is 10.2. The molecule has 0 N–H and O–H groups in total. The average Bonchev–Trinajstić information content (AvgIpc) is 3.18. The van der Waals surface area contributed by atoms with E-state index in [1.54, 1.807) is 11.9 Å². The van der Waals surface area contributed by atoms with Crippen molar-refractivity contribution in [1.82, 2.24) is 14.7 Å². The number of halogens is 1. The maximum atomic E-state index is 12.9. The largest absolute Gasteiger partial charge is 0.437 e. The van der Waals surface area contributed by atoms with E-state index in [-0.39, 0.29) is 18.3 Å². The first-order chi connectivity index (χ1) is 11.0. The van der Waals surface area contributed by atoms with Crippen LogP contribution in [-0.2, 0) is 11.3 Å². The summed E-state index contributed by atoms with van der Waals surface area (Å²) in [7, 11) is 1.69. The van der Waals surface area contributed by atoms with Crippen LogP contribution in [0.5, 0.6) is 0 Å². The topological polar surface area (TPSA) is 68.3 Å². The van der Waals surface area contributed by atoms with Crippen LogP contribution in [-0.4, -0.2) is 27.6 Å². The molecular weight excluding hydrogens is 301 g/mol. The Bertz CT molecular complexity index is 805. The summed E-state index contributed by atoms with van der Waals surface area (Å²) in [6.45, 7) is -0.197. The Morgan fingerprint density at radius 2 is 2.13 bits per heavy atom. The number of rotatable bonds is 4. The van der Waals surface area contributed by atoms with Crippen LogP contribution in [0.2, 0.25) is 0 Å². The van der Waals surface area contributed by atoms with Crippen molar-refractivity contribution in [3.05, 3.63) is 52.4 Å². The van der Waals surface area contributed by atoms with Gasteiger partial charge in [-0.15, -0.1) is 5.10 Å². The molecule has 1 aromatic heterocycles. The maximum Gasteiger partial charge on any atom is 0.437 e. The van der Waals surface area contributed by atoms with Crippen molar-refractivity contribution >= 4 is 5.91 Å². The predicted molar refractivity (Wildman–Crippen MR) is 80.9 cm³/mol. The molecule has 0 fully saturated rings. The van der Waals surface area contributed by atoms with E-state index in [0.717, 1.165) is 29.6 Å². The minimum absolute atomic E-state index is 0.0607. The Kier molecular flexibility index (Phi) is 4.10. The number of aromatic nitrogens is 2. The van der Waals surface area contributed by atoms with Gasteiger partial charge in [-0.3, -0.25) is 4.79 Å². The van der Waals surface area contributed by atoms with E-state index in [9.17, 15) is 14.0 Å². The smallest absolute Gasteiger partial charge is 0.388 e. The van der Waals surface area contributed by atoms with Gasteiger partial charge >= 0.3 is 5.76 Å². The van der Waals surface area contributed by atoms with E-state index < -0.39 is 11.6 Å². The monoisotopic (exact) mass is 317 g/mol. The number of allylic oxidation sites excluding steroid dienone is 2. The number of carbonyl (C=O) groups excluding carboxylic acids is 1. The Balaban J connectivity index is 1.77. The Morgan fingerprint density at radius 1 is 1.39 bits per heavy atom. The molecule has 1 amide bonds. The van der Waals surface area contributed by atoms with Crippen molar-refractivity contribution in [1.29, 1.82) is 0 Å². The summed E-state index contributed by atoms with van der Waals surface area (Å²) in [6, 6.07) is 5.42.